The number of benzene rings is 2. The molecule has 4 nitrogen and oxygen atoms in total. The van der Waals surface area contributed by atoms with Gasteiger partial charge in [0.2, 0.25) is 0 Å². The number of hydrogen-bond acceptors (Lipinski definition) is 3. The highest BCUT2D eigenvalue weighted by Gasteiger charge is 2.34. The zero-order chi connectivity index (χ0) is 19.1. The maximum absolute atomic E-state index is 13.0. The Balaban J connectivity index is 2.13. The first-order valence-corrected chi connectivity index (χ1v) is 8.29. The number of carbonyl (C=O) groups excluding carboxylic acids is 1. The van der Waals surface area contributed by atoms with Crippen molar-refractivity contribution in [2.45, 2.75) is 26.1 Å². The van der Waals surface area contributed by atoms with Gasteiger partial charge in [0, 0.05) is 5.02 Å². The molecule has 0 bridgehead atoms. The summed E-state index contributed by atoms with van der Waals surface area (Å²) in [5.74, 6) is 0.0960. The zero-order valence-electron chi connectivity index (χ0n) is 14.0. The van der Waals surface area contributed by atoms with E-state index in [1.54, 1.807) is 18.2 Å². The lowest BCUT2D eigenvalue weighted by Gasteiger charge is -2.32. The molecule has 2 aromatic carbocycles. The molecule has 8 heteroatoms. The van der Waals surface area contributed by atoms with Crippen LogP contribution in [0.1, 0.15) is 19.4 Å². The van der Waals surface area contributed by atoms with Gasteiger partial charge in [-0.15, -0.1) is 0 Å². The SMILES string of the molecule is CC(C)Oc1ccc(Cl)cc1N1C(=O)CNc2cc(C(F)(F)F)ccc21. The number of ether oxygens (including phenoxy) is 1. The number of rotatable bonds is 3. The largest absolute Gasteiger partial charge is 0.489 e. The van der Waals surface area contributed by atoms with Gasteiger partial charge < -0.3 is 10.1 Å². The minimum absolute atomic E-state index is 0.137. The molecule has 0 saturated carbocycles. The van der Waals surface area contributed by atoms with Gasteiger partial charge in [0.15, 0.2) is 0 Å². The highest BCUT2D eigenvalue weighted by molar-refractivity contribution is 6.31. The maximum atomic E-state index is 13.0. The molecule has 2 aromatic rings. The molecule has 1 amide bonds. The van der Waals surface area contributed by atoms with Gasteiger partial charge >= 0.3 is 6.18 Å². The van der Waals surface area contributed by atoms with Crippen LogP contribution in [0.2, 0.25) is 5.02 Å². The van der Waals surface area contributed by atoms with E-state index in [9.17, 15) is 18.0 Å². The third-order valence-corrected chi connectivity index (χ3v) is 4.00. The van der Waals surface area contributed by atoms with Crippen molar-refractivity contribution in [3.63, 3.8) is 0 Å². The van der Waals surface area contributed by atoms with Gasteiger partial charge in [0.25, 0.3) is 5.91 Å². The lowest BCUT2D eigenvalue weighted by Crippen LogP contribution is -2.37. The van der Waals surface area contributed by atoms with E-state index in [1.165, 1.54) is 11.0 Å². The molecule has 1 heterocycles. The highest BCUT2D eigenvalue weighted by Crippen LogP contribution is 2.43. The summed E-state index contributed by atoms with van der Waals surface area (Å²) in [6.45, 7) is 3.53. The van der Waals surface area contributed by atoms with E-state index in [-0.39, 0.29) is 24.2 Å². The number of nitrogens with zero attached hydrogens (tertiary/aromatic N) is 1. The molecule has 0 aromatic heterocycles. The Morgan fingerprint density at radius 3 is 2.54 bits per heavy atom. The van der Waals surface area contributed by atoms with E-state index in [0.29, 0.717) is 22.1 Å². The Labute approximate surface area is 153 Å². The molecule has 0 atom stereocenters. The summed E-state index contributed by atoms with van der Waals surface area (Å²) in [6.07, 6.45) is -4.62. The molecule has 1 aliphatic heterocycles. The molecule has 0 fully saturated rings. The fraction of sp³-hybridized carbons (Fsp3) is 0.278. The van der Waals surface area contributed by atoms with E-state index in [1.807, 2.05) is 13.8 Å². The molecule has 1 aliphatic rings. The Morgan fingerprint density at radius 2 is 1.88 bits per heavy atom. The third kappa shape index (κ3) is 3.58. The molecule has 0 aliphatic carbocycles. The number of halogens is 4. The lowest BCUT2D eigenvalue weighted by molar-refractivity contribution is -0.137. The van der Waals surface area contributed by atoms with Crippen molar-refractivity contribution in [3.05, 3.63) is 47.0 Å². The Bertz CT molecular complexity index is 853. The normalized spacial score (nSPS) is 14.3. The average molecular weight is 385 g/mol. The molecule has 26 heavy (non-hydrogen) atoms. The number of amides is 1. The Kier molecular flexibility index (Phi) is 4.75. The lowest BCUT2D eigenvalue weighted by atomic mass is 10.1. The van der Waals surface area contributed by atoms with Gasteiger partial charge in [-0.2, -0.15) is 13.2 Å². The predicted molar refractivity (Wildman–Crippen MR) is 94.3 cm³/mol. The molecule has 1 N–H and O–H groups in total. The zero-order valence-corrected chi connectivity index (χ0v) is 14.8. The topological polar surface area (TPSA) is 41.6 Å². The molecule has 0 spiro atoms. The van der Waals surface area contributed by atoms with E-state index in [2.05, 4.69) is 5.32 Å². The first-order chi connectivity index (χ1) is 12.2. The second kappa shape index (κ2) is 6.72. The fourth-order valence-electron chi connectivity index (χ4n) is 2.72. The third-order valence-electron chi connectivity index (χ3n) is 3.77. The molecule has 3 rings (SSSR count). The summed E-state index contributed by atoms with van der Waals surface area (Å²) >= 11 is 6.07. The highest BCUT2D eigenvalue weighted by atomic mass is 35.5. The smallest absolute Gasteiger partial charge is 0.416 e. The van der Waals surface area contributed by atoms with Crippen LogP contribution in [0, 0.1) is 0 Å². The Morgan fingerprint density at radius 1 is 1.15 bits per heavy atom. The van der Waals surface area contributed by atoms with Gasteiger partial charge in [-0.05, 0) is 50.2 Å². The Hall–Kier alpha value is -2.41. The van der Waals surface area contributed by atoms with Crippen LogP contribution in [0.5, 0.6) is 5.75 Å². The number of fused-ring (bicyclic) bond motifs is 1. The van der Waals surface area contributed by atoms with Gasteiger partial charge in [-0.1, -0.05) is 11.6 Å². The monoisotopic (exact) mass is 384 g/mol. The maximum Gasteiger partial charge on any atom is 0.416 e. The molecule has 138 valence electrons. The number of nitrogens with one attached hydrogen (secondary N) is 1. The van der Waals surface area contributed by atoms with Crippen molar-refractivity contribution in [1.82, 2.24) is 0 Å². The van der Waals surface area contributed by atoms with Crippen LogP contribution in [-0.2, 0) is 11.0 Å². The standard InChI is InChI=1S/C18H16ClF3N2O2/c1-10(2)26-16-6-4-12(19)8-15(16)24-14-5-3-11(18(20,21)22)7-13(14)23-9-17(24)25/h3-8,10,23H,9H2,1-2H3. The molecule has 0 saturated heterocycles. The number of alkyl halides is 3. The summed E-state index contributed by atoms with van der Waals surface area (Å²) in [6, 6.07) is 8.02. The van der Waals surface area contributed by atoms with Crippen LogP contribution in [0.15, 0.2) is 36.4 Å². The first-order valence-electron chi connectivity index (χ1n) is 7.91. The summed E-state index contributed by atoms with van der Waals surface area (Å²) in [5.41, 5.74) is 0.126. The van der Waals surface area contributed by atoms with Gasteiger partial charge in [0.05, 0.1) is 35.3 Å². The van der Waals surface area contributed by atoms with Crippen LogP contribution in [0.4, 0.5) is 30.2 Å². The van der Waals surface area contributed by atoms with E-state index in [0.717, 1.165) is 12.1 Å². The predicted octanol–water partition coefficient (Wildman–Crippen LogP) is 5.24. The molecular weight excluding hydrogens is 369 g/mol. The summed E-state index contributed by atoms with van der Waals surface area (Å²) < 4.78 is 44.7. The minimum Gasteiger partial charge on any atom is -0.489 e. The first kappa shape index (κ1) is 18.4. The van der Waals surface area contributed by atoms with E-state index in [4.69, 9.17) is 16.3 Å². The van der Waals surface area contributed by atoms with Gasteiger partial charge in [0.1, 0.15) is 5.75 Å². The molecular formula is C18H16ClF3N2O2. The number of carbonyl (C=O) groups is 1. The van der Waals surface area contributed by atoms with Crippen LogP contribution >= 0.6 is 11.6 Å². The fourth-order valence-corrected chi connectivity index (χ4v) is 2.88. The number of anilines is 3. The average Bonchev–Trinajstić information content (AvgIpc) is 2.55. The quantitative estimate of drug-likeness (QED) is 0.787. The van der Waals surface area contributed by atoms with Crippen LogP contribution in [-0.4, -0.2) is 18.6 Å². The molecule has 0 radical (unpaired) electrons. The van der Waals surface area contributed by atoms with E-state index < -0.39 is 11.7 Å². The van der Waals surface area contributed by atoms with Crippen LogP contribution < -0.4 is 15.0 Å². The van der Waals surface area contributed by atoms with Crippen molar-refractivity contribution in [2.75, 3.05) is 16.8 Å². The van der Waals surface area contributed by atoms with Crippen LogP contribution in [0.3, 0.4) is 0 Å². The molecule has 0 unspecified atom stereocenters. The van der Waals surface area contributed by atoms with Crippen molar-refractivity contribution < 1.29 is 22.7 Å². The van der Waals surface area contributed by atoms with Crippen molar-refractivity contribution in [2.24, 2.45) is 0 Å². The number of hydrogen-bond donors (Lipinski definition) is 1. The van der Waals surface area contributed by atoms with Gasteiger partial charge in [-0.25, -0.2) is 0 Å². The van der Waals surface area contributed by atoms with Crippen molar-refractivity contribution in [3.8, 4) is 5.75 Å². The second-order valence-corrected chi connectivity index (χ2v) is 6.53. The summed E-state index contributed by atoms with van der Waals surface area (Å²) in [5, 5.41) is 3.12. The minimum atomic E-state index is -4.47. The van der Waals surface area contributed by atoms with Crippen molar-refractivity contribution >= 4 is 34.6 Å². The summed E-state index contributed by atoms with van der Waals surface area (Å²) in [7, 11) is 0. The van der Waals surface area contributed by atoms with E-state index >= 15 is 0 Å². The van der Waals surface area contributed by atoms with Gasteiger partial charge in [-0.3, -0.25) is 9.69 Å². The summed E-state index contributed by atoms with van der Waals surface area (Å²) in [4.78, 5) is 13.9. The second-order valence-electron chi connectivity index (χ2n) is 6.09. The van der Waals surface area contributed by atoms with Crippen LogP contribution in [0.25, 0.3) is 0 Å². The van der Waals surface area contributed by atoms with Crippen molar-refractivity contribution in [1.29, 1.82) is 0 Å².